The van der Waals surface area contributed by atoms with E-state index in [2.05, 4.69) is 41.4 Å². The predicted octanol–water partition coefficient (Wildman–Crippen LogP) is 1.66. The van der Waals surface area contributed by atoms with Gasteiger partial charge in [-0.15, -0.1) is 10.2 Å². The van der Waals surface area contributed by atoms with Gasteiger partial charge in [0, 0.05) is 6.54 Å². The van der Waals surface area contributed by atoms with Gasteiger partial charge in [0.1, 0.15) is 17.7 Å². The van der Waals surface area contributed by atoms with Crippen molar-refractivity contribution in [2.45, 2.75) is 45.8 Å². The van der Waals surface area contributed by atoms with Gasteiger partial charge in [0.25, 0.3) is 0 Å². The van der Waals surface area contributed by atoms with E-state index < -0.39 is 12.0 Å². The number of aliphatic carboxylic acids is 1. The molecule has 2 aromatic rings. The molecule has 1 aromatic carbocycles. The van der Waals surface area contributed by atoms with E-state index >= 15 is 0 Å². The molecule has 0 aliphatic carbocycles. The minimum absolute atomic E-state index is 0.415. The van der Waals surface area contributed by atoms with Gasteiger partial charge in [-0.2, -0.15) is 0 Å². The van der Waals surface area contributed by atoms with Crippen molar-refractivity contribution in [1.82, 2.24) is 19.7 Å². The molecule has 3 rings (SSSR count). The van der Waals surface area contributed by atoms with E-state index in [1.165, 1.54) is 11.1 Å². The van der Waals surface area contributed by atoms with Crippen LogP contribution in [0.15, 0.2) is 24.3 Å². The van der Waals surface area contributed by atoms with Crippen molar-refractivity contribution in [3.8, 4) is 0 Å². The fourth-order valence-corrected chi connectivity index (χ4v) is 3.04. The molecule has 2 heterocycles. The van der Waals surface area contributed by atoms with E-state index in [9.17, 15) is 9.90 Å². The lowest BCUT2D eigenvalue weighted by Gasteiger charge is -2.33. The van der Waals surface area contributed by atoms with E-state index in [0.717, 1.165) is 24.5 Å². The number of benzene rings is 1. The van der Waals surface area contributed by atoms with Crippen molar-refractivity contribution >= 4 is 5.97 Å². The van der Waals surface area contributed by atoms with Crippen LogP contribution in [0, 0.1) is 6.92 Å². The van der Waals surface area contributed by atoms with Crippen LogP contribution in [0.4, 0.5) is 0 Å². The zero-order chi connectivity index (χ0) is 16.4. The van der Waals surface area contributed by atoms with Crippen LogP contribution in [0.5, 0.6) is 0 Å². The molecule has 23 heavy (non-hydrogen) atoms. The first-order valence-electron chi connectivity index (χ1n) is 8.02. The van der Waals surface area contributed by atoms with Crippen molar-refractivity contribution in [3.63, 3.8) is 0 Å². The Morgan fingerprint density at radius 2 is 1.96 bits per heavy atom. The fraction of sp³-hybridized carbons (Fsp3) is 0.471. The molecule has 0 saturated heterocycles. The number of carboxylic acids is 1. The third-order valence-electron chi connectivity index (χ3n) is 4.56. The molecule has 0 saturated carbocycles. The Kier molecular flexibility index (Phi) is 4.43. The van der Waals surface area contributed by atoms with Gasteiger partial charge in [-0.25, -0.2) is 0 Å². The van der Waals surface area contributed by atoms with Crippen molar-refractivity contribution in [3.05, 3.63) is 47.0 Å². The highest BCUT2D eigenvalue weighted by molar-refractivity contribution is 5.73. The van der Waals surface area contributed by atoms with E-state index in [0.29, 0.717) is 19.6 Å². The Labute approximate surface area is 135 Å². The SMILES string of the molecule is CCc1ccc(CCN2Cc3nnc(C)n3CC2C(=O)O)cc1. The van der Waals surface area contributed by atoms with Gasteiger partial charge < -0.3 is 9.67 Å². The van der Waals surface area contributed by atoms with Crippen LogP contribution >= 0.6 is 0 Å². The second-order valence-electron chi connectivity index (χ2n) is 6.02. The number of aromatic nitrogens is 3. The average Bonchev–Trinajstić information content (AvgIpc) is 2.93. The summed E-state index contributed by atoms with van der Waals surface area (Å²) < 4.78 is 1.91. The largest absolute Gasteiger partial charge is 0.480 e. The molecule has 6 nitrogen and oxygen atoms in total. The van der Waals surface area contributed by atoms with Gasteiger partial charge in [-0.3, -0.25) is 9.69 Å². The van der Waals surface area contributed by atoms with Gasteiger partial charge in [-0.05, 0) is 30.9 Å². The minimum atomic E-state index is -0.787. The molecule has 0 spiro atoms. The highest BCUT2D eigenvalue weighted by atomic mass is 16.4. The van der Waals surface area contributed by atoms with Crippen LogP contribution < -0.4 is 0 Å². The van der Waals surface area contributed by atoms with Gasteiger partial charge in [0.15, 0.2) is 0 Å². The molecule has 0 amide bonds. The first-order valence-corrected chi connectivity index (χ1v) is 8.02. The molecular formula is C17H22N4O2. The summed E-state index contributed by atoms with van der Waals surface area (Å²) in [6.07, 6.45) is 1.86. The lowest BCUT2D eigenvalue weighted by molar-refractivity contribution is -0.145. The Bertz CT molecular complexity index is 693. The maximum Gasteiger partial charge on any atom is 0.322 e. The summed E-state index contributed by atoms with van der Waals surface area (Å²) >= 11 is 0. The van der Waals surface area contributed by atoms with E-state index in [1.54, 1.807) is 0 Å². The molecule has 6 heteroatoms. The number of carboxylic acid groups (broad SMARTS) is 1. The van der Waals surface area contributed by atoms with Gasteiger partial charge in [0.05, 0.1) is 13.1 Å². The highest BCUT2D eigenvalue weighted by Gasteiger charge is 2.32. The molecule has 1 N–H and O–H groups in total. The lowest BCUT2D eigenvalue weighted by Crippen LogP contribution is -2.48. The summed E-state index contributed by atoms with van der Waals surface area (Å²) in [5.74, 6) is 0.840. The highest BCUT2D eigenvalue weighted by Crippen LogP contribution is 2.18. The molecule has 1 atom stereocenters. The van der Waals surface area contributed by atoms with Crippen molar-refractivity contribution in [1.29, 1.82) is 0 Å². The summed E-state index contributed by atoms with van der Waals surface area (Å²) in [4.78, 5) is 13.6. The Balaban J connectivity index is 1.71. The molecule has 0 fully saturated rings. The van der Waals surface area contributed by atoms with Crippen LogP contribution in [0.3, 0.4) is 0 Å². The van der Waals surface area contributed by atoms with Crippen LogP contribution in [0.25, 0.3) is 0 Å². The number of carbonyl (C=O) groups is 1. The van der Waals surface area contributed by atoms with Crippen LogP contribution in [0.1, 0.15) is 29.7 Å². The molecule has 1 aliphatic heterocycles. The normalized spacial score (nSPS) is 17.9. The number of rotatable bonds is 5. The average molecular weight is 314 g/mol. The third-order valence-corrected chi connectivity index (χ3v) is 4.56. The van der Waals surface area contributed by atoms with E-state index in [1.807, 2.05) is 16.4 Å². The van der Waals surface area contributed by atoms with Crippen molar-refractivity contribution in [2.75, 3.05) is 6.54 Å². The van der Waals surface area contributed by atoms with Crippen LogP contribution in [0.2, 0.25) is 0 Å². The summed E-state index contributed by atoms with van der Waals surface area (Å²) in [7, 11) is 0. The summed E-state index contributed by atoms with van der Waals surface area (Å²) in [5.41, 5.74) is 2.55. The predicted molar refractivity (Wildman–Crippen MR) is 86.1 cm³/mol. The molecule has 0 bridgehead atoms. The maximum absolute atomic E-state index is 11.6. The molecule has 122 valence electrons. The standard InChI is InChI=1S/C17H22N4O2/c1-3-13-4-6-14(7-5-13)8-9-20-11-16-19-18-12(2)21(16)10-15(20)17(22)23/h4-7,15H,3,8-11H2,1-2H3,(H,22,23). The number of fused-ring (bicyclic) bond motifs is 1. The number of aryl methyl sites for hydroxylation is 2. The van der Waals surface area contributed by atoms with Crippen molar-refractivity contribution < 1.29 is 9.90 Å². The lowest BCUT2D eigenvalue weighted by atomic mass is 10.1. The van der Waals surface area contributed by atoms with E-state index in [-0.39, 0.29) is 0 Å². The second-order valence-corrected chi connectivity index (χ2v) is 6.02. The van der Waals surface area contributed by atoms with E-state index in [4.69, 9.17) is 0 Å². The fourth-order valence-electron chi connectivity index (χ4n) is 3.04. The minimum Gasteiger partial charge on any atom is -0.480 e. The quantitative estimate of drug-likeness (QED) is 0.909. The summed E-state index contributed by atoms with van der Waals surface area (Å²) in [5, 5.41) is 17.7. The van der Waals surface area contributed by atoms with Crippen LogP contribution in [-0.4, -0.2) is 43.3 Å². The summed E-state index contributed by atoms with van der Waals surface area (Å²) in [6.45, 7) is 5.65. The first-order chi connectivity index (χ1) is 11.1. The Morgan fingerprint density at radius 3 is 2.61 bits per heavy atom. The molecule has 1 unspecified atom stereocenters. The first kappa shape index (κ1) is 15.7. The van der Waals surface area contributed by atoms with Crippen LogP contribution in [-0.2, 0) is 30.7 Å². The number of hydrogen-bond donors (Lipinski definition) is 1. The number of hydrogen-bond acceptors (Lipinski definition) is 4. The monoisotopic (exact) mass is 314 g/mol. The molecule has 0 radical (unpaired) electrons. The van der Waals surface area contributed by atoms with Gasteiger partial charge in [0.2, 0.25) is 0 Å². The smallest absolute Gasteiger partial charge is 0.322 e. The number of nitrogens with zero attached hydrogens (tertiary/aromatic N) is 4. The Morgan fingerprint density at radius 1 is 1.26 bits per heavy atom. The maximum atomic E-state index is 11.6. The molecule has 1 aliphatic rings. The zero-order valence-corrected chi connectivity index (χ0v) is 13.6. The van der Waals surface area contributed by atoms with Gasteiger partial charge in [-0.1, -0.05) is 31.2 Å². The van der Waals surface area contributed by atoms with Gasteiger partial charge >= 0.3 is 5.97 Å². The summed E-state index contributed by atoms with van der Waals surface area (Å²) in [6, 6.07) is 8.02. The topological polar surface area (TPSA) is 71.2 Å². The second kappa shape index (κ2) is 6.50. The molecule has 1 aromatic heterocycles. The zero-order valence-electron chi connectivity index (χ0n) is 13.6. The van der Waals surface area contributed by atoms with Crippen molar-refractivity contribution in [2.24, 2.45) is 0 Å². The molecular weight excluding hydrogens is 292 g/mol. The Hall–Kier alpha value is -2.21. The third kappa shape index (κ3) is 3.27.